The highest BCUT2D eigenvalue weighted by Gasteiger charge is 2.28. The summed E-state index contributed by atoms with van der Waals surface area (Å²) in [4.78, 5) is 26.2. The van der Waals surface area contributed by atoms with Gasteiger partial charge in [-0.15, -0.1) is 0 Å². The van der Waals surface area contributed by atoms with Gasteiger partial charge in [-0.1, -0.05) is 0 Å². The molecule has 2 aliphatic rings. The first-order chi connectivity index (χ1) is 7.66. The maximum Gasteiger partial charge on any atom is 0.324 e. The lowest BCUT2D eigenvalue weighted by molar-refractivity contribution is -0.125. The molecule has 2 fully saturated rings. The fraction of sp³-hybridized carbons (Fsp3) is 0.800. The first-order valence-corrected chi connectivity index (χ1v) is 5.71. The number of carbonyl (C=O) groups is 2. The van der Waals surface area contributed by atoms with E-state index in [9.17, 15) is 9.59 Å². The molecule has 0 aromatic carbocycles. The summed E-state index contributed by atoms with van der Waals surface area (Å²) < 4.78 is 0. The Morgan fingerprint density at radius 3 is 2.81 bits per heavy atom. The van der Waals surface area contributed by atoms with E-state index in [-0.39, 0.29) is 18.5 Å². The highest BCUT2D eigenvalue weighted by molar-refractivity contribution is 6.01. The van der Waals surface area contributed by atoms with Gasteiger partial charge in [-0.3, -0.25) is 14.6 Å². The van der Waals surface area contributed by atoms with Crippen molar-refractivity contribution in [1.82, 2.24) is 20.4 Å². The molecule has 0 radical (unpaired) electrons. The Labute approximate surface area is 95.0 Å². The van der Waals surface area contributed by atoms with E-state index in [0.29, 0.717) is 12.6 Å². The van der Waals surface area contributed by atoms with Gasteiger partial charge in [0.25, 0.3) is 0 Å². The van der Waals surface area contributed by atoms with Gasteiger partial charge < -0.3 is 10.6 Å². The fourth-order valence-electron chi connectivity index (χ4n) is 2.14. The number of piperazine rings is 1. The molecule has 0 aliphatic carbocycles. The molecule has 2 saturated heterocycles. The summed E-state index contributed by atoms with van der Waals surface area (Å²) in [6.45, 7) is 6.48. The zero-order valence-electron chi connectivity index (χ0n) is 9.53. The average Bonchev–Trinajstić information content (AvgIpc) is 2.56. The third-order valence-electron chi connectivity index (χ3n) is 3.03. The molecule has 1 unspecified atom stereocenters. The largest absolute Gasteiger partial charge is 0.329 e. The standard InChI is InChI=1S/C10H18N4O2/c1-8-7-13(3-2-11-8)4-5-14-9(15)6-12-10(14)16/h8,11H,2-7H2,1H3,(H,12,16). The van der Waals surface area contributed by atoms with Gasteiger partial charge in [-0.05, 0) is 6.92 Å². The van der Waals surface area contributed by atoms with Crippen LogP contribution in [0.4, 0.5) is 4.79 Å². The molecular weight excluding hydrogens is 208 g/mol. The molecule has 2 rings (SSSR count). The minimum absolute atomic E-state index is 0.117. The number of imide groups is 1. The molecule has 6 heteroatoms. The second kappa shape index (κ2) is 4.80. The van der Waals surface area contributed by atoms with E-state index >= 15 is 0 Å². The summed E-state index contributed by atoms with van der Waals surface area (Å²) in [5.41, 5.74) is 0. The van der Waals surface area contributed by atoms with Gasteiger partial charge >= 0.3 is 6.03 Å². The summed E-state index contributed by atoms with van der Waals surface area (Å²) in [5.74, 6) is -0.117. The van der Waals surface area contributed by atoms with Crippen LogP contribution in [0.1, 0.15) is 6.92 Å². The van der Waals surface area contributed by atoms with Gasteiger partial charge in [-0.2, -0.15) is 0 Å². The number of nitrogens with zero attached hydrogens (tertiary/aromatic N) is 2. The fourth-order valence-corrected chi connectivity index (χ4v) is 2.14. The van der Waals surface area contributed by atoms with Gasteiger partial charge in [0.2, 0.25) is 5.91 Å². The number of hydrogen-bond acceptors (Lipinski definition) is 4. The van der Waals surface area contributed by atoms with Crippen LogP contribution in [-0.4, -0.2) is 67.0 Å². The van der Waals surface area contributed by atoms with E-state index in [2.05, 4.69) is 22.5 Å². The van der Waals surface area contributed by atoms with Crippen molar-refractivity contribution in [2.45, 2.75) is 13.0 Å². The molecule has 2 N–H and O–H groups in total. The molecule has 90 valence electrons. The van der Waals surface area contributed by atoms with Crippen LogP contribution in [0.2, 0.25) is 0 Å². The maximum atomic E-state index is 11.3. The van der Waals surface area contributed by atoms with E-state index in [4.69, 9.17) is 0 Å². The number of amides is 3. The van der Waals surface area contributed by atoms with Crippen LogP contribution in [0.3, 0.4) is 0 Å². The molecular formula is C10H18N4O2. The normalized spacial score (nSPS) is 27.3. The highest BCUT2D eigenvalue weighted by atomic mass is 16.2. The van der Waals surface area contributed by atoms with Crippen molar-refractivity contribution in [3.8, 4) is 0 Å². The Morgan fingerprint density at radius 1 is 1.38 bits per heavy atom. The molecule has 0 saturated carbocycles. The molecule has 1 atom stereocenters. The molecule has 6 nitrogen and oxygen atoms in total. The van der Waals surface area contributed by atoms with Crippen LogP contribution in [0.5, 0.6) is 0 Å². The van der Waals surface area contributed by atoms with Gasteiger partial charge in [0.1, 0.15) is 0 Å². The Morgan fingerprint density at radius 2 is 2.19 bits per heavy atom. The second-order valence-corrected chi connectivity index (χ2v) is 4.36. The lowest BCUT2D eigenvalue weighted by Crippen LogP contribution is -2.51. The minimum Gasteiger partial charge on any atom is -0.329 e. The molecule has 2 aliphatic heterocycles. The summed E-state index contributed by atoms with van der Waals surface area (Å²) >= 11 is 0. The Hall–Kier alpha value is -1.14. The molecule has 0 spiro atoms. The van der Waals surface area contributed by atoms with Crippen LogP contribution in [0, 0.1) is 0 Å². The molecule has 3 amide bonds. The number of carbonyl (C=O) groups excluding carboxylic acids is 2. The third kappa shape index (κ3) is 2.51. The lowest BCUT2D eigenvalue weighted by Gasteiger charge is -2.32. The van der Waals surface area contributed by atoms with Crippen molar-refractivity contribution in [2.75, 3.05) is 39.3 Å². The monoisotopic (exact) mass is 226 g/mol. The van der Waals surface area contributed by atoms with Crippen molar-refractivity contribution >= 4 is 11.9 Å². The Bertz CT molecular complexity index is 279. The van der Waals surface area contributed by atoms with Gasteiger partial charge in [0, 0.05) is 38.8 Å². The van der Waals surface area contributed by atoms with Crippen LogP contribution >= 0.6 is 0 Å². The van der Waals surface area contributed by atoms with Crippen molar-refractivity contribution in [3.05, 3.63) is 0 Å². The Kier molecular flexibility index (Phi) is 3.40. The number of rotatable bonds is 3. The predicted octanol–water partition coefficient (Wildman–Crippen LogP) is -1.17. The van der Waals surface area contributed by atoms with E-state index in [1.54, 1.807) is 0 Å². The van der Waals surface area contributed by atoms with Crippen molar-refractivity contribution < 1.29 is 9.59 Å². The molecule has 2 heterocycles. The topological polar surface area (TPSA) is 64.7 Å². The number of urea groups is 1. The summed E-state index contributed by atoms with van der Waals surface area (Å²) in [7, 11) is 0. The Balaban J connectivity index is 1.78. The van der Waals surface area contributed by atoms with Gasteiger partial charge in [0.15, 0.2) is 0 Å². The first-order valence-electron chi connectivity index (χ1n) is 5.71. The smallest absolute Gasteiger partial charge is 0.324 e. The second-order valence-electron chi connectivity index (χ2n) is 4.36. The number of hydrogen-bond donors (Lipinski definition) is 2. The average molecular weight is 226 g/mol. The van der Waals surface area contributed by atoms with Crippen LogP contribution in [-0.2, 0) is 4.79 Å². The summed E-state index contributed by atoms with van der Waals surface area (Å²) in [6.07, 6.45) is 0. The van der Waals surface area contributed by atoms with Crippen molar-refractivity contribution in [2.24, 2.45) is 0 Å². The van der Waals surface area contributed by atoms with Gasteiger partial charge in [-0.25, -0.2) is 4.79 Å². The van der Waals surface area contributed by atoms with Crippen LogP contribution < -0.4 is 10.6 Å². The van der Waals surface area contributed by atoms with Gasteiger partial charge in [0.05, 0.1) is 6.54 Å². The molecule has 16 heavy (non-hydrogen) atoms. The summed E-state index contributed by atoms with van der Waals surface area (Å²) in [5, 5.41) is 5.88. The zero-order chi connectivity index (χ0) is 11.5. The number of nitrogens with one attached hydrogen (secondary N) is 2. The highest BCUT2D eigenvalue weighted by Crippen LogP contribution is 2.02. The lowest BCUT2D eigenvalue weighted by atomic mass is 10.2. The van der Waals surface area contributed by atoms with E-state index in [1.807, 2.05) is 0 Å². The van der Waals surface area contributed by atoms with E-state index in [0.717, 1.165) is 26.2 Å². The minimum atomic E-state index is -0.256. The quantitative estimate of drug-likeness (QED) is 0.595. The molecule has 0 aromatic heterocycles. The van der Waals surface area contributed by atoms with E-state index in [1.165, 1.54) is 4.90 Å². The molecule has 0 aromatic rings. The van der Waals surface area contributed by atoms with Crippen molar-refractivity contribution in [3.63, 3.8) is 0 Å². The predicted molar refractivity (Wildman–Crippen MR) is 59.0 cm³/mol. The van der Waals surface area contributed by atoms with Crippen LogP contribution in [0.15, 0.2) is 0 Å². The third-order valence-corrected chi connectivity index (χ3v) is 3.03. The van der Waals surface area contributed by atoms with E-state index < -0.39 is 0 Å². The SMILES string of the molecule is CC1CN(CCN2C(=O)CNC2=O)CCN1. The summed E-state index contributed by atoms with van der Waals surface area (Å²) in [6, 6.07) is 0.227. The first kappa shape index (κ1) is 11.3. The van der Waals surface area contributed by atoms with Crippen molar-refractivity contribution in [1.29, 1.82) is 0 Å². The molecule has 0 bridgehead atoms. The zero-order valence-corrected chi connectivity index (χ0v) is 9.53. The maximum absolute atomic E-state index is 11.3. The van der Waals surface area contributed by atoms with Crippen LogP contribution in [0.25, 0.3) is 0 Å².